The first-order valence-electron chi connectivity index (χ1n) is 10.9. The van der Waals surface area contributed by atoms with Crippen molar-refractivity contribution in [3.8, 4) is 0 Å². The van der Waals surface area contributed by atoms with Crippen LogP contribution in [0.4, 0.5) is 5.69 Å². The summed E-state index contributed by atoms with van der Waals surface area (Å²) >= 11 is 0. The molecule has 1 heterocycles. The maximum atomic E-state index is 13.1. The lowest BCUT2D eigenvalue weighted by atomic mass is 10.00. The van der Waals surface area contributed by atoms with E-state index in [4.69, 9.17) is 0 Å². The lowest BCUT2D eigenvalue weighted by Crippen LogP contribution is -2.45. The van der Waals surface area contributed by atoms with Gasteiger partial charge in [0, 0.05) is 37.3 Å². The fraction of sp³-hybridized carbons (Fsp3) is 0.417. The fourth-order valence-electron chi connectivity index (χ4n) is 3.89. The summed E-state index contributed by atoms with van der Waals surface area (Å²) in [4.78, 5) is 40.1. The van der Waals surface area contributed by atoms with Gasteiger partial charge in [-0.3, -0.25) is 19.7 Å². The zero-order chi connectivity index (χ0) is 22.2. The quantitative estimate of drug-likeness (QED) is 0.344. The summed E-state index contributed by atoms with van der Waals surface area (Å²) in [5.74, 6) is -0.435. The van der Waals surface area contributed by atoms with Crippen LogP contribution < -0.4 is 0 Å². The molecule has 0 aliphatic carbocycles. The average molecular weight is 424 g/mol. The fourth-order valence-corrected chi connectivity index (χ4v) is 3.89. The Balaban J connectivity index is 1.72. The number of carbonyl (C=O) groups excluding carboxylic acids is 2. The van der Waals surface area contributed by atoms with Crippen molar-refractivity contribution in [2.24, 2.45) is 0 Å². The molecule has 0 radical (unpaired) electrons. The number of fused-ring (bicyclic) bond motifs is 1. The molecule has 0 fully saturated rings. The van der Waals surface area contributed by atoms with Gasteiger partial charge in [0.05, 0.1) is 4.92 Å². The number of benzene rings is 2. The maximum absolute atomic E-state index is 13.1. The molecular formula is C24H29N3O4. The predicted octanol–water partition coefficient (Wildman–Crippen LogP) is 4.20. The molecular weight excluding hydrogens is 394 g/mol. The summed E-state index contributed by atoms with van der Waals surface area (Å²) in [7, 11) is 0. The number of nitrogens with zero attached hydrogens (tertiary/aromatic N) is 3. The van der Waals surface area contributed by atoms with Gasteiger partial charge < -0.3 is 9.80 Å². The van der Waals surface area contributed by atoms with Gasteiger partial charge in [-0.15, -0.1) is 0 Å². The first-order valence-corrected chi connectivity index (χ1v) is 10.9. The molecule has 1 aliphatic rings. The minimum atomic E-state index is -0.515. The molecule has 31 heavy (non-hydrogen) atoms. The average Bonchev–Trinajstić information content (AvgIpc) is 2.80. The molecule has 2 aromatic rings. The Labute approximate surface area is 182 Å². The highest BCUT2D eigenvalue weighted by Gasteiger charge is 2.25. The summed E-state index contributed by atoms with van der Waals surface area (Å²) in [6, 6.07) is 13.8. The second-order valence-corrected chi connectivity index (χ2v) is 7.93. The van der Waals surface area contributed by atoms with E-state index in [-0.39, 0.29) is 29.6 Å². The molecule has 0 saturated carbocycles. The van der Waals surface area contributed by atoms with Crippen LogP contribution >= 0.6 is 0 Å². The first-order chi connectivity index (χ1) is 15.0. The number of carbonyl (C=O) groups is 2. The standard InChI is InChI=1S/C24H29N3O4/c1-2-3-4-7-14-26(24(29)20-11-8-12-22(16-20)27(30)31)18-23(28)25-15-13-19-9-5-6-10-21(19)17-25/h5-6,8-12,16H,2-4,7,13-15,17-18H2,1H3. The van der Waals surface area contributed by atoms with E-state index in [0.717, 1.165) is 37.7 Å². The van der Waals surface area contributed by atoms with Crippen LogP contribution in [0.1, 0.15) is 54.1 Å². The number of nitro groups is 1. The van der Waals surface area contributed by atoms with Crippen LogP contribution in [0.3, 0.4) is 0 Å². The van der Waals surface area contributed by atoms with Gasteiger partial charge >= 0.3 is 0 Å². The Hall–Kier alpha value is -3.22. The highest BCUT2D eigenvalue weighted by Crippen LogP contribution is 2.20. The van der Waals surface area contributed by atoms with Crippen LogP contribution in [0.15, 0.2) is 48.5 Å². The van der Waals surface area contributed by atoms with E-state index in [1.54, 1.807) is 11.0 Å². The normalized spacial score (nSPS) is 12.9. The first kappa shape index (κ1) is 22.5. The Morgan fingerprint density at radius 1 is 1.06 bits per heavy atom. The number of amides is 2. The molecule has 0 spiro atoms. The number of nitro benzene ring substituents is 1. The Morgan fingerprint density at radius 3 is 2.58 bits per heavy atom. The van der Waals surface area contributed by atoms with Gasteiger partial charge in [-0.25, -0.2) is 0 Å². The Morgan fingerprint density at radius 2 is 1.84 bits per heavy atom. The van der Waals surface area contributed by atoms with Gasteiger partial charge in [-0.05, 0) is 30.0 Å². The molecule has 0 saturated heterocycles. The number of unbranched alkanes of at least 4 members (excludes halogenated alkanes) is 3. The van der Waals surface area contributed by atoms with Gasteiger partial charge in [0.25, 0.3) is 11.6 Å². The van der Waals surface area contributed by atoms with Crippen molar-refractivity contribution in [1.29, 1.82) is 0 Å². The molecule has 7 nitrogen and oxygen atoms in total. The third kappa shape index (κ3) is 5.90. The van der Waals surface area contributed by atoms with Crippen molar-refractivity contribution in [2.75, 3.05) is 19.6 Å². The van der Waals surface area contributed by atoms with Crippen molar-refractivity contribution in [2.45, 2.75) is 45.6 Å². The Kier molecular flexibility index (Phi) is 7.76. The molecule has 0 atom stereocenters. The molecule has 2 aromatic carbocycles. The Bertz CT molecular complexity index is 944. The van der Waals surface area contributed by atoms with E-state index in [0.29, 0.717) is 19.6 Å². The zero-order valence-electron chi connectivity index (χ0n) is 18.0. The molecule has 0 aromatic heterocycles. The monoisotopic (exact) mass is 423 g/mol. The summed E-state index contributed by atoms with van der Waals surface area (Å²) in [5, 5.41) is 11.1. The zero-order valence-corrected chi connectivity index (χ0v) is 18.0. The van der Waals surface area contributed by atoms with Gasteiger partial charge in [-0.1, -0.05) is 56.5 Å². The van der Waals surface area contributed by atoms with E-state index >= 15 is 0 Å². The van der Waals surface area contributed by atoms with Gasteiger partial charge in [0.2, 0.25) is 5.91 Å². The summed E-state index contributed by atoms with van der Waals surface area (Å²) in [6.45, 7) is 3.73. The van der Waals surface area contributed by atoms with Crippen LogP contribution in [0, 0.1) is 10.1 Å². The highest BCUT2D eigenvalue weighted by atomic mass is 16.6. The molecule has 0 N–H and O–H groups in total. The van der Waals surface area contributed by atoms with E-state index in [9.17, 15) is 19.7 Å². The van der Waals surface area contributed by atoms with E-state index in [2.05, 4.69) is 13.0 Å². The SMILES string of the molecule is CCCCCCN(CC(=O)N1CCc2ccccc2C1)C(=O)c1cccc([N+](=O)[O-])c1. The van der Waals surface area contributed by atoms with Gasteiger partial charge in [-0.2, -0.15) is 0 Å². The molecule has 3 rings (SSSR count). The predicted molar refractivity (Wildman–Crippen MR) is 119 cm³/mol. The maximum Gasteiger partial charge on any atom is 0.270 e. The third-order valence-electron chi connectivity index (χ3n) is 5.68. The highest BCUT2D eigenvalue weighted by molar-refractivity contribution is 5.97. The molecule has 0 bridgehead atoms. The molecule has 164 valence electrons. The van der Waals surface area contributed by atoms with Crippen LogP contribution in [0.2, 0.25) is 0 Å². The summed E-state index contributed by atoms with van der Waals surface area (Å²) < 4.78 is 0. The van der Waals surface area contributed by atoms with Crippen LogP contribution in [-0.2, 0) is 17.8 Å². The smallest absolute Gasteiger partial charge is 0.270 e. The number of hydrogen-bond donors (Lipinski definition) is 0. The minimum absolute atomic E-state index is 0.0180. The van der Waals surface area contributed by atoms with Crippen LogP contribution in [0.5, 0.6) is 0 Å². The topological polar surface area (TPSA) is 83.8 Å². The third-order valence-corrected chi connectivity index (χ3v) is 5.68. The second kappa shape index (κ2) is 10.7. The number of hydrogen-bond acceptors (Lipinski definition) is 4. The van der Waals surface area contributed by atoms with E-state index in [1.165, 1.54) is 28.7 Å². The van der Waals surface area contributed by atoms with Crippen LogP contribution in [0.25, 0.3) is 0 Å². The van der Waals surface area contributed by atoms with Crippen molar-refractivity contribution in [3.05, 3.63) is 75.3 Å². The number of non-ortho nitro benzene ring substituents is 1. The molecule has 0 unspecified atom stereocenters. The number of rotatable bonds is 9. The van der Waals surface area contributed by atoms with Crippen molar-refractivity contribution in [3.63, 3.8) is 0 Å². The summed E-state index contributed by atoms with van der Waals surface area (Å²) in [5.41, 5.74) is 2.51. The molecule has 2 amide bonds. The van der Waals surface area contributed by atoms with E-state index in [1.807, 2.05) is 18.2 Å². The largest absolute Gasteiger partial charge is 0.336 e. The summed E-state index contributed by atoms with van der Waals surface area (Å²) in [6.07, 6.45) is 4.71. The van der Waals surface area contributed by atoms with Crippen molar-refractivity contribution < 1.29 is 14.5 Å². The van der Waals surface area contributed by atoms with Gasteiger partial charge in [0.1, 0.15) is 6.54 Å². The lowest BCUT2D eigenvalue weighted by molar-refractivity contribution is -0.384. The van der Waals surface area contributed by atoms with Gasteiger partial charge in [0.15, 0.2) is 0 Å². The van der Waals surface area contributed by atoms with Crippen LogP contribution in [-0.4, -0.2) is 46.2 Å². The van der Waals surface area contributed by atoms with Crippen molar-refractivity contribution >= 4 is 17.5 Å². The van der Waals surface area contributed by atoms with E-state index < -0.39 is 4.92 Å². The lowest BCUT2D eigenvalue weighted by Gasteiger charge is -2.31. The second-order valence-electron chi connectivity index (χ2n) is 7.93. The van der Waals surface area contributed by atoms with Crippen molar-refractivity contribution in [1.82, 2.24) is 9.80 Å². The molecule has 7 heteroatoms. The molecule has 1 aliphatic heterocycles. The minimum Gasteiger partial charge on any atom is -0.336 e.